The zero-order valence-electron chi connectivity index (χ0n) is 50.7. The molecular formula is C89H68Br2N2. The average Bonchev–Trinajstić information content (AvgIpc) is 0.720. The van der Waals surface area contributed by atoms with Gasteiger partial charge in [-0.3, -0.25) is 0 Å². The number of nitrogens with zero attached hydrogens (tertiary/aromatic N) is 2. The highest BCUT2D eigenvalue weighted by atomic mass is 79.9. The second kappa shape index (κ2) is 26.1. The molecular weight excluding hydrogens is 1260 g/mol. The number of rotatable bonds is 8. The van der Waals surface area contributed by atoms with E-state index < -0.39 is 10.8 Å². The molecule has 0 N–H and O–H groups in total. The lowest BCUT2D eigenvalue weighted by Gasteiger charge is -2.47. The van der Waals surface area contributed by atoms with Gasteiger partial charge < -0.3 is 9.80 Å². The van der Waals surface area contributed by atoms with Crippen LogP contribution in [0.2, 0.25) is 0 Å². The molecule has 14 aromatic rings. The zero-order chi connectivity index (χ0) is 61.9. The lowest BCUT2D eigenvalue weighted by atomic mass is 9.60. The second-order valence-electron chi connectivity index (χ2n) is 23.6. The number of halogens is 2. The van der Waals surface area contributed by atoms with Gasteiger partial charge in [0.1, 0.15) is 0 Å². The molecule has 0 amide bonds. The van der Waals surface area contributed by atoms with Gasteiger partial charge in [-0.05, 0) is 145 Å². The quantitative estimate of drug-likeness (QED) is 0.150. The van der Waals surface area contributed by atoms with Crippen molar-refractivity contribution in [3.05, 3.63) is 463 Å². The van der Waals surface area contributed by atoms with Crippen LogP contribution in [-0.2, 0) is 22.7 Å². The maximum Gasteiger partial charge on any atom is 0.0742 e. The molecule has 0 bridgehead atoms. The Kier molecular flexibility index (Phi) is 16.9. The van der Waals surface area contributed by atoms with Gasteiger partial charge in [0, 0.05) is 20.3 Å². The first-order valence-corrected chi connectivity index (χ1v) is 33.1. The summed E-state index contributed by atoms with van der Waals surface area (Å²) in [5.41, 5.74) is 23.8. The fraction of sp³-hybridized carbons (Fsp3) is 0.0562. The van der Waals surface area contributed by atoms with E-state index in [0.29, 0.717) is 0 Å². The maximum absolute atomic E-state index is 3.33. The van der Waals surface area contributed by atoms with Crippen molar-refractivity contribution >= 4 is 66.0 Å². The third kappa shape index (κ3) is 10.4. The Bertz CT molecular complexity index is 4400. The predicted octanol–water partition coefficient (Wildman–Crippen LogP) is 23.8. The maximum atomic E-state index is 3.33. The molecule has 0 unspecified atom stereocenters. The Morgan fingerprint density at radius 1 is 0.215 bits per heavy atom. The Labute approximate surface area is 564 Å². The van der Waals surface area contributed by atoms with Gasteiger partial charge in [0.15, 0.2) is 0 Å². The van der Waals surface area contributed by atoms with Crippen molar-refractivity contribution in [2.45, 2.75) is 30.1 Å². The van der Waals surface area contributed by atoms with Crippen molar-refractivity contribution in [3.8, 4) is 0 Å². The van der Waals surface area contributed by atoms with Gasteiger partial charge in [-0.1, -0.05) is 355 Å². The summed E-state index contributed by atoms with van der Waals surface area (Å²) in [5, 5.41) is 0. The molecule has 4 heteroatoms. The molecule has 0 saturated heterocycles. The van der Waals surface area contributed by atoms with Crippen LogP contribution in [-0.4, -0.2) is 0 Å². The van der Waals surface area contributed by atoms with Crippen molar-refractivity contribution in [2.75, 3.05) is 9.80 Å². The summed E-state index contributed by atoms with van der Waals surface area (Å²) in [5.74, 6) is 0. The van der Waals surface area contributed by atoms with Crippen LogP contribution < -0.4 is 9.80 Å². The van der Waals surface area contributed by atoms with Crippen LogP contribution in [0.25, 0.3) is 0 Å². The number of para-hydroxylation sites is 4. The fourth-order valence-electron chi connectivity index (χ4n) is 15.2. The number of hydrogen-bond acceptors (Lipinski definition) is 2. The van der Waals surface area contributed by atoms with E-state index in [-0.39, 0.29) is 12.8 Å². The van der Waals surface area contributed by atoms with Crippen LogP contribution in [0.5, 0.6) is 0 Å². The van der Waals surface area contributed by atoms with Gasteiger partial charge in [0.2, 0.25) is 0 Å². The molecule has 2 nitrogen and oxygen atoms in total. The highest BCUT2D eigenvalue weighted by Gasteiger charge is 2.49. The van der Waals surface area contributed by atoms with Crippen molar-refractivity contribution in [3.63, 3.8) is 0 Å². The Hall–Kier alpha value is -10.4. The van der Waals surface area contributed by atoms with Crippen LogP contribution in [0, 0.1) is 0 Å². The van der Waals surface area contributed by atoms with E-state index in [2.05, 4.69) is 394 Å². The van der Waals surface area contributed by atoms with Crippen LogP contribution in [0.3, 0.4) is 0 Å². The number of anilines is 6. The summed E-state index contributed by atoms with van der Waals surface area (Å²) in [7, 11) is 0. The highest BCUT2D eigenvalue weighted by molar-refractivity contribution is 9.11. The van der Waals surface area contributed by atoms with Crippen molar-refractivity contribution < 1.29 is 0 Å². The van der Waals surface area contributed by atoms with Gasteiger partial charge in [-0.2, -0.15) is 0 Å². The fourth-order valence-corrected chi connectivity index (χ4v) is 16.3. The van der Waals surface area contributed by atoms with E-state index >= 15 is 0 Å². The van der Waals surface area contributed by atoms with Crippen LogP contribution in [0.15, 0.2) is 385 Å². The standard InChI is InChI=1S/C56H40N2.C26H20.C6H4Br2.CH4/c1-5-22-41(23-6-1)55(42-24-7-2-8-25-42)47-32-13-17-36-51(47)57(52-37-18-14-33-48(52)55)45-30-21-31-46(40-45)58-53-38-19-15-34-49(53)56(43-26-9-3-10-27-43,44-28-11-4-12-29-44)50-35-16-20-39-54(50)58;1-3-13-22(14-4-1)26(23-15-5-2-6-16-23)24-17-9-7-11-20(24)19-21-12-8-10-18-25(21)26;7-5-2-1-3-6(8)4-5;/h1-40H;1-18H,19H2;1-4H;1H4. The summed E-state index contributed by atoms with van der Waals surface area (Å²) in [6, 6.07) is 137. The Morgan fingerprint density at radius 2 is 0.441 bits per heavy atom. The topological polar surface area (TPSA) is 6.48 Å². The molecule has 0 aromatic heterocycles. The summed E-state index contributed by atoms with van der Waals surface area (Å²) in [6.45, 7) is 0. The van der Waals surface area contributed by atoms with E-state index in [9.17, 15) is 0 Å². The minimum atomic E-state index is -0.521. The predicted molar refractivity (Wildman–Crippen MR) is 396 cm³/mol. The van der Waals surface area contributed by atoms with Gasteiger partial charge in [0.25, 0.3) is 0 Å². The average molecular weight is 1330 g/mol. The summed E-state index contributed by atoms with van der Waals surface area (Å²) >= 11 is 6.66. The van der Waals surface area contributed by atoms with E-state index in [0.717, 1.165) is 49.5 Å². The van der Waals surface area contributed by atoms with Gasteiger partial charge in [-0.25, -0.2) is 0 Å². The molecule has 0 radical (unpaired) electrons. The third-order valence-corrected chi connectivity index (χ3v) is 19.8. The monoisotopic (exact) mass is 1320 g/mol. The normalized spacial score (nSPS) is 13.8. The number of hydrogen-bond donors (Lipinski definition) is 0. The Balaban J connectivity index is 0.000000176. The van der Waals surface area contributed by atoms with E-state index in [1.54, 1.807) is 0 Å². The highest BCUT2D eigenvalue weighted by Crippen LogP contribution is 2.61. The van der Waals surface area contributed by atoms with Gasteiger partial charge in [0.05, 0.1) is 39.0 Å². The molecule has 2 aliphatic heterocycles. The molecule has 0 saturated carbocycles. The van der Waals surface area contributed by atoms with Crippen molar-refractivity contribution in [1.29, 1.82) is 0 Å². The molecule has 2 heterocycles. The van der Waals surface area contributed by atoms with Crippen LogP contribution >= 0.6 is 31.9 Å². The molecule has 0 fully saturated rings. The van der Waals surface area contributed by atoms with Crippen molar-refractivity contribution in [1.82, 2.24) is 0 Å². The Morgan fingerprint density at radius 3 is 0.710 bits per heavy atom. The van der Waals surface area contributed by atoms with E-state index in [1.165, 1.54) is 77.9 Å². The molecule has 0 atom stereocenters. The zero-order valence-corrected chi connectivity index (χ0v) is 53.8. The first kappa shape index (κ1) is 60.2. The van der Waals surface area contributed by atoms with Gasteiger partial charge >= 0.3 is 0 Å². The number of fused-ring (bicyclic) bond motifs is 6. The lowest BCUT2D eigenvalue weighted by Crippen LogP contribution is -2.38. The first-order chi connectivity index (χ1) is 45.5. The molecule has 1 aliphatic carbocycles. The minimum Gasteiger partial charge on any atom is -0.310 e. The smallest absolute Gasteiger partial charge is 0.0742 e. The molecule has 0 spiro atoms. The summed E-state index contributed by atoms with van der Waals surface area (Å²) in [6.07, 6.45) is 0.994. The summed E-state index contributed by atoms with van der Waals surface area (Å²) < 4.78 is 2.21. The third-order valence-electron chi connectivity index (χ3n) is 18.8. The molecule has 3 aliphatic rings. The molecule has 93 heavy (non-hydrogen) atoms. The largest absolute Gasteiger partial charge is 0.310 e. The van der Waals surface area contributed by atoms with E-state index in [1.807, 2.05) is 24.3 Å². The molecule has 17 rings (SSSR count). The molecule has 448 valence electrons. The number of benzene rings is 14. The van der Waals surface area contributed by atoms with Gasteiger partial charge in [-0.15, -0.1) is 0 Å². The summed E-state index contributed by atoms with van der Waals surface area (Å²) in [4.78, 5) is 4.94. The van der Waals surface area contributed by atoms with Crippen molar-refractivity contribution in [2.24, 2.45) is 0 Å². The first-order valence-electron chi connectivity index (χ1n) is 31.5. The second-order valence-corrected chi connectivity index (χ2v) is 25.5. The van der Waals surface area contributed by atoms with E-state index in [4.69, 9.17) is 0 Å². The molecule has 14 aromatic carbocycles. The van der Waals surface area contributed by atoms with Crippen LogP contribution in [0.4, 0.5) is 34.1 Å². The SMILES string of the molecule is Brc1cccc(Br)c1.C.c1ccc(C2(c3ccccc3)c3ccccc3Cc3ccccc32)cc1.c1ccc(C2(c3ccccc3)c3ccccc3N(c3cccc(N4c5ccccc5C(c5ccccc5)(c5ccccc5)c5ccccc54)c3)c3ccccc32)cc1. The lowest BCUT2D eigenvalue weighted by molar-refractivity contribution is 0.703. The minimum absolute atomic E-state index is 0. The van der Waals surface area contributed by atoms with Crippen LogP contribution in [0.1, 0.15) is 85.3 Å².